The number of aromatic hydroxyl groups is 2. The van der Waals surface area contributed by atoms with Crippen LogP contribution in [0.25, 0.3) is 0 Å². The number of hydrogen-bond donors (Lipinski definition) is 5. The molecule has 0 saturated heterocycles. The van der Waals surface area contributed by atoms with Gasteiger partial charge in [0.1, 0.15) is 11.5 Å². The van der Waals surface area contributed by atoms with Gasteiger partial charge in [-0.3, -0.25) is 28.7 Å². The summed E-state index contributed by atoms with van der Waals surface area (Å²) in [4.78, 5) is 53.6. The minimum Gasteiger partial charge on any atom is -0.508 e. The fourth-order valence-corrected chi connectivity index (χ4v) is 3.26. The van der Waals surface area contributed by atoms with Crippen LogP contribution in [0.5, 0.6) is 23.3 Å². The van der Waals surface area contributed by atoms with Gasteiger partial charge in [-0.1, -0.05) is 6.07 Å². The van der Waals surface area contributed by atoms with Crippen molar-refractivity contribution in [2.24, 2.45) is 14.1 Å². The maximum Gasteiger partial charge on any atom is 0.330 e. The first-order chi connectivity index (χ1) is 13.2. The van der Waals surface area contributed by atoms with Gasteiger partial charge in [-0.15, -0.1) is 0 Å². The molecule has 0 aliphatic carbocycles. The van der Waals surface area contributed by atoms with E-state index < -0.39 is 34.3 Å². The summed E-state index contributed by atoms with van der Waals surface area (Å²) in [5, 5.41) is 20.3. The molecule has 0 saturated carbocycles. The second-order valence-electron chi connectivity index (χ2n) is 6.35. The Labute approximate surface area is 160 Å². The second-order valence-corrected chi connectivity index (χ2v) is 6.35. The van der Waals surface area contributed by atoms with Crippen molar-refractivity contribution in [3.05, 3.63) is 76.6 Å². The Kier molecular flexibility index (Phi) is 4.43. The molecule has 3 heterocycles. The van der Waals surface area contributed by atoms with Gasteiger partial charge in [0, 0.05) is 25.7 Å². The van der Waals surface area contributed by atoms with Gasteiger partial charge in [-0.25, -0.2) is 9.59 Å². The molecule has 0 bridgehead atoms. The number of hydrogen-bond acceptors (Lipinski definition) is 8. The molecule has 1 aromatic carbocycles. The Morgan fingerprint density at radius 3 is 2.31 bits per heavy atom. The van der Waals surface area contributed by atoms with Crippen molar-refractivity contribution in [1.29, 1.82) is 0 Å². The molecule has 3 aromatic rings. The van der Waals surface area contributed by atoms with Crippen LogP contribution in [0.1, 0.15) is 22.6 Å². The Bertz CT molecular complexity index is 1380. The quantitative estimate of drug-likeness (QED) is 0.275. The number of H-pyrrole nitrogens is 2. The molecule has 1 aliphatic rings. The highest BCUT2D eigenvalue weighted by Crippen LogP contribution is 2.46. The van der Waals surface area contributed by atoms with Gasteiger partial charge in [0.15, 0.2) is 0 Å². The number of rotatable bonds is 1. The summed E-state index contributed by atoms with van der Waals surface area (Å²) < 4.78 is 7.19. The Morgan fingerprint density at radius 2 is 1.62 bits per heavy atom. The maximum atomic E-state index is 12.8. The fraction of sp³-hybridized carbons (Fsp3) is 0.176. The predicted molar refractivity (Wildman–Crippen MR) is 100 cm³/mol. The number of aromatic nitrogens is 4. The van der Waals surface area contributed by atoms with E-state index in [4.69, 9.17) is 4.74 Å². The van der Waals surface area contributed by atoms with Gasteiger partial charge in [0.2, 0.25) is 11.8 Å². The Balaban J connectivity index is 0.00000240. The van der Waals surface area contributed by atoms with Crippen molar-refractivity contribution in [1.82, 2.24) is 25.3 Å². The summed E-state index contributed by atoms with van der Waals surface area (Å²) in [7, 11) is 2.50. The Morgan fingerprint density at radius 1 is 0.966 bits per heavy atom. The van der Waals surface area contributed by atoms with E-state index in [-0.39, 0.29) is 40.2 Å². The van der Waals surface area contributed by atoms with E-state index in [9.17, 15) is 29.4 Å². The maximum absolute atomic E-state index is 12.8. The van der Waals surface area contributed by atoms with Crippen LogP contribution in [0.3, 0.4) is 0 Å². The summed E-state index contributed by atoms with van der Waals surface area (Å²) in [6, 6.07) is 3.99. The highest BCUT2D eigenvalue weighted by Gasteiger charge is 2.37. The SMILES string of the molecule is Cn1c(O)c(C2c3ccc(O)cc3Oc3[nH]c(=O)n(C)c(=O)c32)c(=O)[nH]c1=O.N. The molecule has 0 fully saturated rings. The average molecular weight is 403 g/mol. The lowest BCUT2D eigenvalue weighted by Gasteiger charge is -2.27. The Hall–Kier alpha value is -4.06. The third kappa shape index (κ3) is 2.73. The summed E-state index contributed by atoms with van der Waals surface area (Å²) in [5.41, 5.74) is -3.30. The lowest BCUT2D eigenvalue weighted by molar-refractivity contribution is 0.395. The average Bonchev–Trinajstić information content (AvgIpc) is 2.63. The highest BCUT2D eigenvalue weighted by molar-refractivity contribution is 5.58. The van der Waals surface area contributed by atoms with Crippen LogP contribution >= 0.6 is 0 Å². The lowest BCUT2D eigenvalue weighted by atomic mass is 9.84. The van der Waals surface area contributed by atoms with Gasteiger partial charge in [0.25, 0.3) is 11.1 Å². The van der Waals surface area contributed by atoms with Crippen molar-refractivity contribution < 1.29 is 14.9 Å². The molecule has 2 aromatic heterocycles. The minimum absolute atomic E-state index is 0. The van der Waals surface area contributed by atoms with Crippen molar-refractivity contribution in [2.45, 2.75) is 5.92 Å². The first-order valence-electron chi connectivity index (χ1n) is 8.06. The minimum atomic E-state index is -1.16. The molecule has 12 nitrogen and oxygen atoms in total. The van der Waals surface area contributed by atoms with Crippen molar-refractivity contribution in [3.8, 4) is 23.3 Å². The van der Waals surface area contributed by atoms with E-state index in [0.29, 0.717) is 0 Å². The molecule has 0 amide bonds. The number of phenolic OH excluding ortho intramolecular Hbond substituents is 1. The summed E-state index contributed by atoms with van der Waals surface area (Å²) in [6.07, 6.45) is 0. The molecule has 12 heteroatoms. The zero-order valence-electron chi connectivity index (χ0n) is 15.3. The largest absolute Gasteiger partial charge is 0.508 e. The molecular formula is C17H17N5O7. The summed E-state index contributed by atoms with van der Waals surface area (Å²) in [5.74, 6) is -2.09. The molecule has 1 atom stereocenters. The number of aromatic amines is 2. The molecule has 152 valence electrons. The van der Waals surface area contributed by atoms with E-state index in [0.717, 1.165) is 9.13 Å². The predicted octanol–water partition coefficient (Wildman–Crippen LogP) is -0.680. The number of fused-ring (bicyclic) bond motifs is 2. The van der Waals surface area contributed by atoms with Crippen LogP contribution < -0.4 is 33.4 Å². The van der Waals surface area contributed by atoms with Gasteiger partial charge < -0.3 is 21.1 Å². The third-order valence-electron chi connectivity index (χ3n) is 4.73. The van der Waals surface area contributed by atoms with Crippen LogP contribution in [0.15, 0.2) is 37.4 Å². The van der Waals surface area contributed by atoms with Crippen LogP contribution in [0, 0.1) is 0 Å². The number of ether oxygens (including phenoxy) is 1. The van der Waals surface area contributed by atoms with E-state index in [2.05, 4.69) is 9.97 Å². The van der Waals surface area contributed by atoms with Crippen LogP contribution in [0.4, 0.5) is 0 Å². The molecule has 4 rings (SSSR count). The topological polar surface area (TPSA) is 194 Å². The molecule has 7 N–H and O–H groups in total. The van der Waals surface area contributed by atoms with Gasteiger partial charge in [0.05, 0.1) is 17.0 Å². The van der Waals surface area contributed by atoms with E-state index in [1.54, 1.807) is 0 Å². The van der Waals surface area contributed by atoms with Crippen LogP contribution in [0.2, 0.25) is 0 Å². The summed E-state index contributed by atoms with van der Waals surface area (Å²) in [6.45, 7) is 0. The van der Waals surface area contributed by atoms with Crippen molar-refractivity contribution >= 4 is 0 Å². The smallest absolute Gasteiger partial charge is 0.330 e. The first-order valence-corrected chi connectivity index (χ1v) is 8.06. The zero-order chi connectivity index (χ0) is 20.3. The monoisotopic (exact) mass is 403 g/mol. The molecule has 1 unspecified atom stereocenters. The number of phenols is 1. The van der Waals surface area contributed by atoms with Gasteiger partial charge >= 0.3 is 11.4 Å². The van der Waals surface area contributed by atoms with Crippen LogP contribution in [-0.4, -0.2) is 29.3 Å². The van der Waals surface area contributed by atoms with Gasteiger partial charge in [-0.2, -0.15) is 0 Å². The molecule has 0 radical (unpaired) electrons. The lowest BCUT2D eigenvalue weighted by Crippen LogP contribution is -2.39. The molecule has 1 aliphatic heterocycles. The first kappa shape index (κ1) is 19.7. The third-order valence-corrected chi connectivity index (χ3v) is 4.73. The number of nitrogens with one attached hydrogen (secondary N) is 2. The second kappa shape index (κ2) is 6.53. The molecular weight excluding hydrogens is 386 g/mol. The van der Waals surface area contributed by atoms with E-state index in [1.165, 1.54) is 32.3 Å². The number of nitrogens with zero attached hydrogens (tertiary/aromatic N) is 2. The molecule has 29 heavy (non-hydrogen) atoms. The standard InChI is InChI=1S/C17H14N4O7.H3N/c1-20-14(24)10(12(23)18-16(20)26)9-7-4-3-6(22)5-8(7)28-13-11(9)15(25)21(2)17(27)19-13;/h3-5,9,22,24H,1-2H3,(H,19,27)(H,18,23,26);1H3. The van der Waals surface area contributed by atoms with E-state index in [1.807, 2.05) is 0 Å². The van der Waals surface area contributed by atoms with Gasteiger partial charge in [-0.05, 0) is 6.07 Å². The molecule has 0 spiro atoms. The van der Waals surface area contributed by atoms with Crippen LogP contribution in [-0.2, 0) is 14.1 Å². The normalized spacial score (nSPS) is 14.3. The summed E-state index contributed by atoms with van der Waals surface area (Å²) >= 11 is 0. The number of benzene rings is 1. The fourth-order valence-electron chi connectivity index (χ4n) is 3.26. The highest BCUT2D eigenvalue weighted by atomic mass is 16.5. The van der Waals surface area contributed by atoms with Crippen molar-refractivity contribution in [2.75, 3.05) is 0 Å². The zero-order valence-corrected chi connectivity index (χ0v) is 15.3. The van der Waals surface area contributed by atoms with E-state index >= 15 is 0 Å². The van der Waals surface area contributed by atoms with Crippen molar-refractivity contribution in [3.63, 3.8) is 0 Å².